The number of hydrazine groups is 1. The van der Waals surface area contributed by atoms with Crippen molar-refractivity contribution in [1.82, 2.24) is 10.7 Å². The van der Waals surface area contributed by atoms with Gasteiger partial charge >= 0.3 is 6.03 Å². The number of nitro groups is 1. The molecule has 0 aromatic heterocycles. The first-order valence-corrected chi connectivity index (χ1v) is 11.8. The van der Waals surface area contributed by atoms with Crippen LogP contribution in [0.15, 0.2) is 41.3 Å². The number of sulfonamides is 1. The zero-order valence-electron chi connectivity index (χ0n) is 18.0. The molecule has 1 saturated carbocycles. The summed E-state index contributed by atoms with van der Waals surface area (Å²) in [5.41, 5.74) is 6.66. The van der Waals surface area contributed by atoms with E-state index in [1.165, 1.54) is 12.1 Å². The van der Waals surface area contributed by atoms with Crippen LogP contribution in [0, 0.1) is 24.0 Å². The minimum Gasteiger partial charge on any atom is -0.334 e. The van der Waals surface area contributed by atoms with Crippen molar-refractivity contribution in [2.24, 2.45) is 0 Å². The highest BCUT2D eigenvalue weighted by Gasteiger charge is 2.24. The van der Waals surface area contributed by atoms with Crippen LogP contribution in [-0.4, -0.2) is 25.4 Å². The molecule has 0 spiro atoms. The smallest absolute Gasteiger partial charge is 0.333 e. The summed E-state index contributed by atoms with van der Waals surface area (Å²) in [4.78, 5) is 22.4. The van der Waals surface area contributed by atoms with E-state index in [4.69, 9.17) is 0 Å². The standard InChI is InChI=1S/C21H27N5O5S/c1-14-8-10-18(15(2)12-14)25-32(30,31)20-13-17(26(28)29)9-11-19(20)23-24-21(27)22-16-6-4-3-5-7-16/h8-13,16,23,25H,3-7H2,1-2H3,(H2,22,24,27). The van der Waals surface area contributed by atoms with E-state index < -0.39 is 21.0 Å². The summed E-state index contributed by atoms with van der Waals surface area (Å²) in [6, 6.07) is 8.14. The Balaban J connectivity index is 1.82. The van der Waals surface area contributed by atoms with Crippen LogP contribution in [0.1, 0.15) is 43.2 Å². The number of rotatable bonds is 7. The Labute approximate surface area is 187 Å². The first-order chi connectivity index (χ1) is 15.2. The highest BCUT2D eigenvalue weighted by Crippen LogP contribution is 2.29. The van der Waals surface area contributed by atoms with Crippen molar-refractivity contribution in [3.05, 3.63) is 57.6 Å². The van der Waals surface area contributed by atoms with Crippen molar-refractivity contribution >= 4 is 33.1 Å². The third kappa shape index (κ3) is 5.88. The number of anilines is 2. The zero-order valence-corrected chi connectivity index (χ0v) is 18.8. The summed E-state index contributed by atoms with van der Waals surface area (Å²) < 4.78 is 28.7. The Hall–Kier alpha value is -3.34. The lowest BCUT2D eigenvalue weighted by atomic mass is 9.96. The largest absolute Gasteiger partial charge is 0.334 e. The van der Waals surface area contributed by atoms with Crippen molar-refractivity contribution in [2.45, 2.75) is 56.9 Å². The minimum atomic E-state index is -4.20. The van der Waals surface area contributed by atoms with Gasteiger partial charge in [-0.05, 0) is 44.4 Å². The topological polar surface area (TPSA) is 142 Å². The number of amides is 2. The number of non-ortho nitro benzene ring substituents is 1. The lowest BCUT2D eigenvalue weighted by molar-refractivity contribution is -0.385. The van der Waals surface area contributed by atoms with Crippen molar-refractivity contribution in [1.29, 1.82) is 0 Å². The molecule has 0 bridgehead atoms. The molecule has 0 atom stereocenters. The highest BCUT2D eigenvalue weighted by molar-refractivity contribution is 7.92. The third-order valence-electron chi connectivity index (χ3n) is 5.34. The number of hydrogen-bond donors (Lipinski definition) is 4. The predicted octanol–water partition coefficient (Wildman–Crippen LogP) is 3.97. The number of hydrogen-bond acceptors (Lipinski definition) is 6. The molecular weight excluding hydrogens is 434 g/mol. The Morgan fingerprint density at radius 3 is 2.38 bits per heavy atom. The maximum atomic E-state index is 13.1. The summed E-state index contributed by atoms with van der Waals surface area (Å²) in [5.74, 6) is 0. The summed E-state index contributed by atoms with van der Waals surface area (Å²) in [7, 11) is -4.20. The maximum Gasteiger partial charge on any atom is 0.333 e. The van der Waals surface area contributed by atoms with E-state index in [2.05, 4.69) is 20.9 Å². The number of urea groups is 1. The van der Waals surface area contributed by atoms with Gasteiger partial charge in [0.1, 0.15) is 4.90 Å². The second kappa shape index (κ2) is 9.86. The Kier molecular flexibility index (Phi) is 7.18. The SMILES string of the molecule is Cc1ccc(NS(=O)(=O)c2cc([N+](=O)[O-])ccc2NNC(=O)NC2CCCCC2)c(C)c1. The molecule has 4 N–H and O–H groups in total. The maximum absolute atomic E-state index is 13.1. The van der Waals surface area contributed by atoms with E-state index in [1.54, 1.807) is 19.1 Å². The Morgan fingerprint density at radius 2 is 1.72 bits per heavy atom. The monoisotopic (exact) mass is 461 g/mol. The quantitative estimate of drug-likeness (QED) is 0.363. The molecule has 0 saturated heterocycles. The number of carbonyl (C=O) groups excluding carboxylic acids is 1. The summed E-state index contributed by atoms with van der Waals surface area (Å²) >= 11 is 0. The fourth-order valence-corrected chi connectivity index (χ4v) is 4.98. The molecule has 172 valence electrons. The van der Waals surface area contributed by atoms with Crippen molar-refractivity contribution < 1.29 is 18.1 Å². The number of aryl methyl sites for hydroxylation is 2. The Morgan fingerprint density at radius 1 is 1.03 bits per heavy atom. The van der Waals surface area contributed by atoms with Gasteiger partial charge in [-0.15, -0.1) is 0 Å². The van der Waals surface area contributed by atoms with Crippen molar-refractivity contribution in [3.63, 3.8) is 0 Å². The molecular formula is C21H27N5O5S. The van der Waals surface area contributed by atoms with Crippen LogP contribution in [0.25, 0.3) is 0 Å². The summed E-state index contributed by atoms with van der Waals surface area (Å²) in [5, 5.41) is 14.1. The second-order valence-electron chi connectivity index (χ2n) is 7.92. The molecule has 2 aromatic carbocycles. The summed E-state index contributed by atoms with van der Waals surface area (Å²) in [6.07, 6.45) is 5.03. The van der Waals surface area contributed by atoms with E-state index >= 15 is 0 Å². The van der Waals surface area contributed by atoms with Gasteiger partial charge in [-0.2, -0.15) is 0 Å². The molecule has 32 heavy (non-hydrogen) atoms. The molecule has 10 nitrogen and oxygen atoms in total. The van der Waals surface area contributed by atoms with Gasteiger partial charge in [0.25, 0.3) is 15.7 Å². The number of nitro benzene ring substituents is 1. The van der Waals surface area contributed by atoms with Gasteiger partial charge in [-0.25, -0.2) is 13.2 Å². The third-order valence-corrected chi connectivity index (χ3v) is 6.75. The van der Waals surface area contributed by atoms with E-state index in [0.29, 0.717) is 11.3 Å². The molecule has 2 amide bonds. The number of nitrogens with one attached hydrogen (secondary N) is 4. The normalized spacial score (nSPS) is 14.4. The lowest BCUT2D eigenvalue weighted by Crippen LogP contribution is -2.45. The van der Waals surface area contributed by atoms with Gasteiger partial charge in [0.05, 0.1) is 16.3 Å². The van der Waals surface area contributed by atoms with E-state index in [9.17, 15) is 23.3 Å². The molecule has 0 radical (unpaired) electrons. The van der Waals surface area contributed by atoms with Gasteiger partial charge in [-0.3, -0.25) is 25.7 Å². The van der Waals surface area contributed by atoms with Crippen LogP contribution in [-0.2, 0) is 10.0 Å². The van der Waals surface area contributed by atoms with Crippen LogP contribution < -0.4 is 20.9 Å². The molecule has 0 aliphatic heterocycles. The average Bonchev–Trinajstić information content (AvgIpc) is 2.75. The molecule has 2 aromatic rings. The molecule has 3 rings (SSSR count). The molecule has 0 heterocycles. The predicted molar refractivity (Wildman–Crippen MR) is 122 cm³/mol. The molecule has 0 unspecified atom stereocenters. The van der Waals surface area contributed by atoms with Crippen LogP contribution in [0.4, 0.5) is 21.9 Å². The van der Waals surface area contributed by atoms with Crippen LogP contribution in [0.3, 0.4) is 0 Å². The van der Waals surface area contributed by atoms with Crippen molar-refractivity contribution in [2.75, 3.05) is 10.1 Å². The molecule has 1 aliphatic carbocycles. The number of benzene rings is 2. The van der Waals surface area contributed by atoms with Crippen LogP contribution in [0.2, 0.25) is 0 Å². The lowest BCUT2D eigenvalue weighted by Gasteiger charge is -2.23. The first-order valence-electron chi connectivity index (χ1n) is 10.4. The Bertz CT molecular complexity index is 1110. The number of carbonyl (C=O) groups is 1. The highest BCUT2D eigenvalue weighted by atomic mass is 32.2. The summed E-state index contributed by atoms with van der Waals surface area (Å²) in [6.45, 7) is 3.65. The van der Waals surface area contributed by atoms with E-state index in [0.717, 1.165) is 43.7 Å². The minimum absolute atomic E-state index is 0.00617. The molecule has 1 fully saturated rings. The fourth-order valence-electron chi connectivity index (χ4n) is 3.67. The number of nitrogens with zero attached hydrogens (tertiary/aromatic N) is 1. The van der Waals surface area contributed by atoms with Gasteiger partial charge in [0, 0.05) is 18.2 Å². The molecule has 1 aliphatic rings. The first kappa shape index (κ1) is 23.3. The zero-order chi connectivity index (χ0) is 23.3. The second-order valence-corrected chi connectivity index (χ2v) is 9.57. The van der Waals surface area contributed by atoms with E-state index in [-0.39, 0.29) is 22.3 Å². The van der Waals surface area contributed by atoms with Crippen molar-refractivity contribution in [3.8, 4) is 0 Å². The molecule has 11 heteroatoms. The van der Waals surface area contributed by atoms with Crippen LogP contribution >= 0.6 is 0 Å². The van der Waals surface area contributed by atoms with Gasteiger partial charge in [-0.1, -0.05) is 37.0 Å². The van der Waals surface area contributed by atoms with Gasteiger partial charge < -0.3 is 5.32 Å². The van der Waals surface area contributed by atoms with E-state index in [1.807, 2.05) is 13.0 Å². The van der Waals surface area contributed by atoms with Crippen LogP contribution in [0.5, 0.6) is 0 Å². The fraction of sp³-hybridized carbons (Fsp3) is 0.381. The van der Waals surface area contributed by atoms with Gasteiger partial charge in [0.2, 0.25) is 0 Å². The average molecular weight is 462 g/mol. The van der Waals surface area contributed by atoms with Gasteiger partial charge in [0.15, 0.2) is 0 Å².